The molecule has 4 rings (SSSR count). The van der Waals surface area contributed by atoms with Crippen LogP contribution in [-0.4, -0.2) is 27.6 Å². The Labute approximate surface area is 168 Å². The third kappa shape index (κ3) is 3.43. The molecule has 3 aromatic rings. The smallest absolute Gasteiger partial charge is 0.318 e. The number of nitrogens with one attached hydrogen (secondary N) is 1. The van der Waals surface area contributed by atoms with Gasteiger partial charge < -0.3 is 19.5 Å². The Kier molecular flexibility index (Phi) is 4.96. The molecule has 2 heterocycles. The average molecular weight is 397 g/mol. The van der Waals surface area contributed by atoms with E-state index in [1.165, 1.54) is 0 Å². The fraction of sp³-hybridized carbons (Fsp3) is 0.238. The predicted octanol–water partition coefficient (Wildman–Crippen LogP) is 3.90. The molecule has 0 saturated carbocycles. The first-order valence-corrected chi connectivity index (χ1v) is 9.37. The van der Waals surface area contributed by atoms with Gasteiger partial charge in [-0.05, 0) is 34.9 Å². The summed E-state index contributed by atoms with van der Waals surface area (Å²) in [6.45, 7) is 1.04. The number of rotatable bonds is 4. The molecular formula is C21H21ClN4O2. The Morgan fingerprint density at radius 1 is 1.21 bits per heavy atom. The number of amides is 2. The predicted molar refractivity (Wildman–Crippen MR) is 107 cm³/mol. The van der Waals surface area contributed by atoms with Crippen LogP contribution in [0.5, 0.6) is 5.75 Å². The highest BCUT2D eigenvalue weighted by atomic mass is 35.5. The average Bonchev–Trinajstić information content (AvgIpc) is 3.33. The lowest BCUT2D eigenvalue weighted by atomic mass is 10.1. The van der Waals surface area contributed by atoms with Crippen molar-refractivity contribution in [2.45, 2.75) is 19.1 Å². The van der Waals surface area contributed by atoms with E-state index in [1.807, 2.05) is 60.3 Å². The van der Waals surface area contributed by atoms with Gasteiger partial charge in [-0.15, -0.1) is 0 Å². The van der Waals surface area contributed by atoms with Crippen LogP contribution in [-0.2, 0) is 20.1 Å². The molecule has 1 N–H and O–H groups in total. The van der Waals surface area contributed by atoms with Gasteiger partial charge in [0.05, 0.1) is 7.11 Å². The molecule has 1 aliphatic heterocycles. The second-order valence-corrected chi connectivity index (χ2v) is 7.19. The summed E-state index contributed by atoms with van der Waals surface area (Å²) in [5, 5.41) is 3.83. The molecule has 1 atom stereocenters. The number of hydrogen-bond donors (Lipinski definition) is 1. The molecule has 144 valence electrons. The molecule has 0 saturated heterocycles. The van der Waals surface area contributed by atoms with Crippen LogP contribution in [0, 0.1) is 0 Å². The van der Waals surface area contributed by atoms with Crippen molar-refractivity contribution in [1.82, 2.24) is 19.8 Å². The minimum absolute atomic E-state index is 0.156. The van der Waals surface area contributed by atoms with E-state index in [4.69, 9.17) is 16.3 Å². The van der Waals surface area contributed by atoms with Gasteiger partial charge in [-0.3, -0.25) is 0 Å². The van der Waals surface area contributed by atoms with Crippen molar-refractivity contribution in [3.8, 4) is 5.75 Å². The van der Waals surface area contributed by atoms with Crippen LogP contribution in [0.3, 0.4) is 0 Å². The zero-order chi connectivity index (χ0) is 19.7. The molecule has 28 heavy (non-hydrogen) atoms. The molecule has 1 aromatic heterocycles. The topological polar surface area (TPSA) is 59.4 Å². The highest BCUT2D eigenvalue weighted by Crippen LogP contribution is 2.30. The molecule has 0 radical (unpaired) electrons. The Morgan fingerprint density at radius 3 is 2.64 bits per heavy atom. The van der Waals surface area contributed by atoms with Crippen LogP contribution < -0.4 is 10.1 Å². The summed E-state index contributed by atoms with van der Waals surface area (Å²) in [6, 6.07) is 12.9. The lowest BCUT2D eigenvalue weighted by Crippen LogP contribution is -2.39. The summed E-state index contributed by atoms with van der Waals surface area (Å²) < 4.78 is 7.15. The number of nitrogens with zero attached hydrogens (tertiary/aromatic N) is 3. The third-order valence-corrected chi connectivity index (χ3v) is 5.40. The highest BCUT2D eigenvalue weighted by Gasteiger charge is 2.28. The van der Waals surface area contributed by atoms with E-state index in [9.17, 15) is 4.79 Å². The SMILES string of the molecule is COc1ccc(C(NC(=O)N2Cc3cccc(Cl)c3C2)c2nccn2C)cc1. The van der Waals surface area contributed by atoms with Gasteiger partial charge in [0.15, 0.2) is 0 Å². The number of methoxy groups -OCH3 is 1. The summed E-state index contributed by atoms with van der Waals surface area (Å²) in [4.78, 5) is 19.3. The van der Waals surface area contributed by atoms with Crippen molar-refractivity contribution in [2.75, 3.05) is 7.11 Å². The first-order chi connectivity index (χ1) is 13.6. The van der Waals surface area contributed by atoms with Crippen LogP contribution in [0.15, 0.2) is 54.9 Å². The number of halogens is 1. The summed E-state index contributed by atoms with van der Waals surface area (Å²) in [6.07, 6.45) is 3.59. The zero-order valence-electron chi connectivity index (χ0n) is 15.7. The Hall–Kier alpha value is -2.99. The number of fused-ring (bicyclic) bond motifs is 1. The van der Waals surface area contributed by atoms with Gasteiger partial charge in [-0.25, -0.2) is 9.78 Å². The number of ether oxygens (including phenoxy) is 1. The van der Waals surface area contributed by atoms with Gasteiger partial charge in [-0.1, -0.05) is 35.9 Å². The van der Waals surface area contributed by atoms with Gasteiger partial charge in [0.2, 0.25) is 0 Å². The Morgan fingerprint density at radius 2 is 2.00 bits per heavy atom. The van der Waals surface area contributed by atoms with E-state index in [1.54, 1.807) is 18.2 Å². The summed E-state index contributed by atoms with van der Waals surface area (Å²) in [5.41, 5.74) is 3.02. The fourth-order valence-electron chi connectivity index (χ4n) is 3.49. The molecule has 2 aromatic carbocycles. The number of urea groups is 1. The Balaban J connectivity index is 1.58. The maximum atomic E-state index is 13.0. The zero-order valence-corrected chi connectivity index (χ0v) is 16.5. The minimum Gasteiger partial charge on any atom is -0.497 e. The number of carbonyl (C=O) groups excluding carboxylic acids is 1. The Bertz CT molecular complexity index is 1000. The van der Waals surface area contributed by atoms with Gasteiger partial charge in [0.1, 0.15) is 17.6 Å². The molecule has 1 aliphatic rings. The summed E-state index contributed by atoms with van der Waals surface area (Å²) >= 11 is 6.29. The van der Waals surface area contributed by atoms with Crippen molar-refractivity contribution in [2.24, 2.45) is 7.05 Å². The molecular weight excluding hydrogens is 376 g/mol. The third-order valence-electron chi connectivity index (χ3n) is 5.05. The van der Waals surface area contributed by atoms with Gasteiger partial charge in [0, 0.05) is 37.6 Å². The van der Waals surface area contributed by atoms with Gasteiger partial charge in [-0.2, -0.15) is 0 Å². The molecule has 0 bridgehead atoms. The van der Waals surface area contributed by atoms with Crippen LogP contribution in [0.25, 0.3) is 0 Å². The maximum Gasteiger partial charge on any atom is 0.318 e. The molecule has 2 amide bonds. The van der Waals surface area contributed by atoms with Crippen molar-refractivity contribution in [3.63, 3.8) is 0 Å². The van der Waals surface area contributed by atoms with Crippen molar-refractivity contribution < 1.29 is 9.53 Å². The van der Waals surface area contributed by atoms with Gasteiger partial charge >= 0.3 is 6.03 Å². The molecule has 6 nitrogen and oxygen atoms in total. The van der Waals surface area contributed by atoms with Crippen molar-refractivity contribution in [3.05, 3.63) is 82.4 Å². The first-order valence-electron chi connectivity index (χ1n) is 8.99. The molecule has 0 aliphatic carbocycles. The van der Waals surface area contributed by atoms with E-state index in [-0.39, 0.29) is 12.1 Å². The molecule has 1 unspecified atom stereocenters. The summed E-state index contributed by atoms with van der Waals surface area (Å²) in [5.74, 6) is 1.52. The van der Waals surface area contributed by atoms with Crippen molar-refractivity contribution >= 4 is 17.6 Å². The monoisotopic (exact) mass is 396 g/mol. The second kappa shape index (κ2) is 7.56. The normalized spacial score (nSPS) is 13.9. The number of carbonyl (C=O) groups is 1. The first kappa shape index (κ1) is 18.4. The molecule has 0 fully saturated rings. The maximum absolute atomic E-state index is 13.0. The lowest BCUT2D eigenvalue weighted by molar-refractivity contribution is 0.195. The largest absolute Gasteiger partial charge is 0.497 e. The number of benzene rings is 2. The van der Waals surface area contributed by atoms with Gasteiger partial charge in [0.25, 0.3) is 0 Å². The molecule has 0 spiro atoms. The van der Waals surface area contributed by atoms with Crippen LogP contribution in [0.2, 0.25) is 5.02 Å². The minimum atomic E-state index is -0.377. The molecule has 7 heteroatoms. The number of aromatic nitrogens is 2. The standard InChI is InChI=1S/C21H21ClN4O2/c1-25-11-10-23-20(25)19(14-6-8-16(28-2)9-7-14)24-21(27)26-12-15-4-3-5-18(22)17(15)13-26/h3-11,19H,12-13H2,1-2H3,(H,24,27). The number of imidazole rings is 1. The number of hydrogen-bond acceptors (Lipinski definition) is 3. The second-order valence-electron chi connectivity index (χ2n) is 6.79. The van der Waals surface area contributed by atoms with E-state index in [0.29, 0.717) is 18.1 Å². The lowest BCUT2D eigenvalue weighted by Gasteiger charge is -2.23. The quantitative estimate of drug-likeness (QED) is 0.727. The van der Waals surface area contributed by atoms with Crippen LogP contribution >= 0.6 is 11.6 Å². The van der Waals surface area contributed by atoms with E-state index in [0.717, 1.165) is 28.3 Å². The van der Waals surface area contributed by atoms with Crippen molar-refractivity contribution in [1.29, 1.82) is 0 Å². The fourth-order valence-corrected chi connectivity index (χ4v) is 3.74. The number of aryl methyl sites for hydroxylation is 1. The highest BCUT2D eigenvalue weighted by molar-refractivity contribution is 6.31. The van der Waals surface area contributed by atoms with Crippen LogP contribution in [0.4, 0.5) is 4.79 Å². The summed E-state index contributed by atoms with van der Waals surface area (Å²) in [7, 11) is 3.54. The van der Waals surface area contributed by atoms with E-state index in [2.05, 4.69) is 10.3 Å². The van der Waals surface area contributed by atoms with E-state index >= 15 is 0 Å². The van der Waals surface area contributed by atoms with E-state index < -0.39 is 0 Å². The van der Waals surface area contributed by atoms with Crippen LogP contribution in [0.1, 0.15) is 28.6 Å².